The summed E-state index contributed by atoms with van der Waals surface area (Å²) in [6, 6.07) is 0.383. The zero-order valence-corrected chi connectivity index (χ0v) is 7.14. The van der Waals surface area contributed by atoms with Gasteiger partial charge in [-0.15, -0.1) is 5.10 Å². The number of allylic oxidation sites excluding steroid dienone is 2. The van der Waals surface area contributed by atoms with E-state index in [4.69, 9.17) is 0 Å². The Balaban J connectivity index is 2.24. The van der Waals surface area contributed by atoms with E-state index < -0.39 is 0 Å². The zero-order chi connectivity index (χ0) is 8.39. The molecule has 0 aromatic carbocycles. The second kappa shape index (κ2) is 3.05. The molecule has 1 aliphatic rings. The summed E-state index contributed by atoms with van der Waals surface area (Å²) in [5.41, 5.74) is 0. The van der Waals surface area contributed by atoms with Gasteiger partial charge in [-0.25, -0.2) is 4.68 Å². The molecule has 0 N–H and O–H groups in total. The van der Waals surface area contributed by atoms with Crippen LogP contribution in [0.3, 0.4) is 0 Å². The predicted octanol–water partition coefficient (Wildman–Crippen LogP) is 1.26. The molecule has 4 nitrogen and oxygen atoms in total. The van der Waals surface area contributed by atoms with E-state index in [9.17, 15) is 0 Å². The average molecular weight is 164 g/mol. The summed E-state index contributed by atoms with van der Waals surface area (Å²) in [4.78, 5) is 0. The van der Waals surface area contributed by atoms with E-state index in [0.29, 0.717) is 6.04 Å². The number of hydrogen-bond donors (Lipinski definition) is 0. The van der Waals surface area contributed by atoms with Gasteiger partial charge in [0.1, 0.15) is 5.82 Å². The lowest BCUT2D eigenvalue weighted by atomic mass is 10.0. The molecule has 1 aromatic rings. The van der Waals surface area contributed by atoms with Gasteiger partial charge in [-0.05, 0) is 36.6 Å². The fourth-order valence-corrected chi connectivity index (χ4v) is 1.54. The second-order valence-corrected chi connectivity index (χ2v) is 3.10. The van der Waals surface area contributed by atoms with Crippen LogP contribution >= 0.6 is 0 Å². The maximum absolute atomic E-state index is 3.94. The van der Waals surface area contributed by atoms with Crippen molar-refractivity contribution in [2.45, 2.75) is 32.2 Å². The first kappa shape index (κ1) is 7.46. The fourth-order valence-electron chi connectivity index (χ4n) is 1.54. The first-order valence-electron chi connectivity index (χ1n) is 4.29. The Morgan fingerprint density at radius 2 is 2.50 bits per heavy atom. The molecular weight excluding hydrogens is 152 g/mol. The maximum Gasteiger partial charge on any atom is 0.148 e. The van der Waals surface area contributed by atoms with E-state index in [0.717, 1.165) is 12.2 Å². The average Bonchev–Trinajstić information content (AvgIpc) is 2.53. The van der Waals surface area contributed by atoms with Gasteiger partial charge in [0, 0.05) is 0 Å². The Kier molecular flexibility index (Phi) is 1.89. The highest BCUT2D eigenvalue weighted by atomic mass is 15.5. The summed E-state index contributed by atoms with van der Waals surface area (Å²) < 4.78 is 1.88. The molecule has 0 spiro atoms. The van der Waals surface area contributed by atoms with Gasteiger partial charge in [0.25, 0.3) is 0 Å². The summed E-state index contributed by atoms with van der Waals surface area (Å²) in [7, 11) is 0. The Morgan fingerprint density at radius 3 is 3.08 bits per heavy atom. The molecule has 1 unspecified atom stereocenters. The third-order valence-electron chi connectivity index (χ3n) is 2.20. The highest BCUT2D eigenvalue weighted by Crippen LogP contribution is 2.21. The molecule has 1 aliphatic carbocycles. The van der Waals surface area contributed by atoms with Crippen LogP contribution in [0.2, 0.25) is 0 Å². The topological polar surface area (TPSA) is 43.6 Å². The molecular formula is C8H12N4. The molecule has 0 radical (unpaired) electrons. The van der Waals surface area contributed by atoms with Gasteiger partial charge in [-0.3, -0.25) is 0 Å². The van der Waals surface area contributed by atoms with Crippen LogP contribution in [0.1, 0.15) is 31.1 Å². The molecule has 4 heteroatoms. The van der Waals surface area contributed by atoms with Crippen molar-refractivity contribution in [2.75, 3.05) is 0 Å². The van der Waals surface area contributed by atoms with Crippen LogP contribution in [-0.4, -0.2) is 20.2 Å². The lowest BCUT2D eigenvalue weighted by Gasteiger charge is -2.16. The lowest BCUT2D eigenvalue weighted by molar-refractivity contribution is 0.454. The number of nitrogens with zero attached hydrogens (tertiary/aromatic N) is 4. The van der Waals surface area contributed by atoms with Gasteiger partial charge in [-0.1, -0.05) is 12.2 Å². The number of tetrazole rings is 1. The number of rotatable bonds is 1. The normalized spacial score (nSPS) is 22.9. The van der Waals surface area contributed by atoms with Crippen molar-refractivity contribution in [2.24, 2.45) is 0 Å². The Morgan fingerprint density at radius 1 is 1.58 bits per heavy atom. The van der Waals surface area contributed by atoms with Crippen LogP contribution in [0.4, 0.5) is 0 Å². The third-order valence-corrected chi connectivity index (χ3v) is 2.20. The van der Waals surface area contributed by atoms with Crippen molar-refractivity contribution in [3.63, 3.8) is 0 Å². The smallest absolute Gasteiger partial charge is 0.148 e. The third kappa shape index (κ3) is 1.24. The predicted molar refractivity (Wildman–Crippen MR) is 44.6 cm³/mol. The number of hydrogen-bond acceptors (Lipinski definition) is 3. The molecule has 1 aromatic heterocycles. The highest BCUT2D eigenvalue weighted by molar-refractivity contribution is 4.97. The van der Waals surface area contributed by atoms with Gasteiger partial charge in [0.2, 0.25) is 0 Å². The van der Waals surface area contributed by atoms with E-state index in [1.807, 2.05) is 11.6 Å². The van der Waals surface area contributed by atoms with E-state index >= 15 is 0 Å². The Bertz CT molecular complexity index is 289. The zero-order valence-electron chi connectivity index (χ0n) is 7.14. The molecule has 0 aliphatic heterocycles. The molecule has 0 saturated carbocycles. The Labute approximate surface area is 71.3 Å². The monoisotopic (exact) mass is 164 g/mol. The first-order valence-corrected chi connectivity index (χ1v) is 4.29. The number of aryl methyl sites for hydroxylation is 1. The number of aromatic nitrogens is 4. The molecule has 1 heterocycles. The molecule has 0 saturated heterocycles. The highest BCUT2D eigenvalue weighted by Gasteiger charge is 2.13. The SMILES string of the molecule is Cc1nnnn1C1C=CCCC1. The van der Waals surface area contributed by atoms with E-state index in [1.54, 1.807) is 0 Å². The molecule has 0 bridgehead atoms. The van der Waals surface area contributed by atoms with Gasteiger partial charge in [0.05, 0.1) is 6.04 Å². The van der Waals surface area contributed by atoms with Gasteiger partial charge in [0.15, 0.2) is 0 Å². The molecule has 12 heavy (non-hydrogen) atoms. The van der Waals surface area contributed by atoms with Crippen LogP contribution < -0.4 is 0 Å². The van der Waals surface area contributed by atoms with Crippen LogP contribution in [0.15, 0.2) is 12.2 Å². The van der Waals surface area contributed by atoms with Gasteiger partial charge < -0.3 is 0 Å². The van der Waals surface area contributed by atoms with Crippen molar-refractivity contribution in [1.29, 1.82) is 0 Å². The van der Waals surface area contributed by atoms with Crippen molar-refractivity contribution in [3.05, 3.63) is 18.0 Å². The van der Waals surface area contributed by atoms with Crippen molar-refractivity contribution in [1.82, 2.24) is 20.2 Å². The standard InChI is InChI=1S/C8H12N4/c1-7-9-10-11-12(7)8-5-3-2-4-6-8/h3,5,8H,2,4,6H2,1H3. The summed E-state index contributed by atoms with van der Waals surface area (Å²) >= 11 is 0. The first-order chi connectivity index (χ1) is 5.88. The minimum Gasteiger partial charge on any atom is -0.223 e. The summed E-state index contributed by atoms with van der Waals surface area (Å²) in [6.07, 6.45) is 7.97. The molecule has 0 amide bonds. The van der Waals surface area contributed by atoms with Crippen molar-refractivity contribution in [3.8, 4) is 0 Å². The van der Waals surface area contributed by atoms with Gasteiger partial charge in [-0.2, -0.15) is 0 Å². The largest absolute Gasteiger partial charge is 0.223 e. The summed E-state index contributed by atoms with van der Waals surface area (Å²) in [5, 5.41) is 11.4. The minimum atomic E-state index is 0.383. The molecule has 64 valence electrons. The quantitative estimate of drug-likeness (QED) is 0.587. The fraction of sp³-hybridized carbons (Fsp3) is 0.625. The molecule has 0 fully saturated rings. The van der Waals surface area contributed by atoms with Crippen LogP contribution in [0, 0.1) is 6.92 Å². The van der Waals surface area contributed by atoms with Crippen LogP contribution in [-0.2, 0) is 0 Å². The second-order valence-electron chi connectivity index (χ2n) is 3.10. The van der Waals surface area contributed by atoms with Crippen molar-refractivity contribution >= 4 is 0 Å². The van der Waals surface area contributed by atoms with Crippen molar-refractivity contribution < 1.29 is 0 Å². The van der Waals surface area contributed by atoms with Crippen LogP contribution in [0.5, 0.6) is 0 Å². The minimum absolute atomic E-state index is 0.383. The van der Waals surface area contributed by atoms with Gasteiger partial charge >= 0.3 is 0 Å². The van der Waals surface area contributed by atoms with Crippen LogP contribution in [0.25, 0.3) is 0 Å². The molecule has 1 atom stereocenters. The summed E-state index contributed by atoms with van der Waals surface area (Å²) in [6.45, 7) is 1.93. The van der Waals surface area contributed by atoms with E-state index in [2.05, 4.69) is 27.7 Å². The Hall–Kier alpha value is -1.19. The van der Waals surface area contributed by atoms with E-state index in [1.165, 1.54) is 12.8 Å². The lowest BCUT2D eigenvalue weighted by Crippen LogP contribution is -2.12. The summed E-state index contributed by atoms with van der Waals surface area (Å²) in [5.74, 6) is 0.895. The maximum atomic E-state index is 3.94. The molecule has 2 rings (SSSR count). The van der Waals surface area contributed by atoms with E-state index in [-0.39, 0.29) is 0 Å².